The van der Waals surface area contributed by atoms with Gasteiger partial charge in [-0.3, -0.25) is 4.40 Å². The van der Waals surface area contributed by atoms with Crippen LogP contribution < -0.4 is 0 Å². The van der Waals surface area contributed by atoms with Crippen molar-refractivity contribution >= 4 is 33.2 Å². The van der Waals surface area contributed by atoms with Gasteiger partial charge in [0.05, 0.1) is 11.6 Å². The highest BCUT2D eigenvalue weighted by Crippen LogP contribution is 2.29. The van der Waals surface area contributed by atoms with Crippen molar-refractivity contribution in [2.75, 3.05) is 0 Å². The molecule has 0 amide bonds. The molecule has 0 saturated carbocycles. The standard InChI is InChI=1S/C13H6BrClN4/c14-11-2-1-9(15)6-10(11)13-18-17-12-5-8(7-16)3-4-19(12)13/h1-6H. The van der Waals surface area contributed by atoms with E-state index in [1.54, 1.807) is 24.4 Å². The van der Waals surface area contributed by atoms with Crippen molar-refractivity contribution in [1.29, 1.82) is 5.26 Å². The van der Waals surface area contributed by atoms with Gasteiger partial charge >= 0.3 is 0 Å². The summed E-state index contributed by atoms with van der Waals surface area (Å²) in [5.41, 5.74) is 2.03. The molecule has 0 bridgehead atoms. The van der Waals surface area contributed by atoms with Gasteiger partial charge in [0.1, 0.15) is 0 Å². The number of pyridine rings is 1. The Balaban J connectivity index is 2.26. The molecule has 0 radical (unpaired) electrons. The van der Waals surface area contributed by atoms with Gasteiger partial charge in [0.2, 0.25) is 0 Å². The highest BCUT2D eigenvalue weighted by molar-refractivity contribution is 9.10. The molecule has 0 aliphatic rings. The summed E-state index contributed by atoms with van der Waals surface area (Å²) in [5.74, 6) is 0.675. The van der Waals surface area contributed by atoms with Gasteiger partial charge in [-0.2, -0.15) is 5.26 Å². The van der Waals surface area contributed by atoms with Gasteiger partial charge in [-0.1, -0.05) is 27.5 Å². The summed E-state index contributed by atoms with van der Waals surface area (Å²) in [6, 6.07) is 11.0. The van der Waals surface area contributed by atoms with Gasteiger partial charge in [0.15, 0.2) is 11.5 Å². The second kappa shape index (κ2) is 4.65. The molecule has 0 atom stereocenters. The van der Waals surface area contributed by atoms with Crippen LogP contribution in [-0.4, -0.2) is 14.6 Å². The average molecular weight is 334 g/mol. The lowest BCUT2D eigenvalue weighted by Crippen LogP contribution is -1.91. The van der Waals surface area contributed by atoms with E-state index in [9.17, 15) is 0 Å². The molecule has 0 aliphatic carbocycles. The fourth-order valence-corrected chi connectivity index (χ4v) is 2.41. The van der Waals surface area contributed by atoms with Gasteiger partial charge in [0.25, 0.3) is 0 Å². The first-order chi connectivity index (χ1) is 9.19. The SMILES string of the molecule is N#Cc1ccn2c(-c3cc(Cl)ccc3Br)nnc2c1. The van der Waals surface area contributed by atoms with Crippen LogP contribution in [0.3, 0.4) is 0 Å². The van der Waals surface area contributed by atoms with Crippen LogP contribution in [0.4, 0.5) is 0 Å². The molecule has 3 aromatic rings. The maximum atomic E-state index is 8.87. The third-order valence-electron chi connectivity index (χ3n) is 2.71. The summed E-state index contributed by atoms with van der Waals surface area (Å²) >= 11 is 9.48. The largest absolute Gasteiger partial charge is 0.282 e. The lowest BCUT2D eigenvalue weighted by molar-refractivity contribution is 1.11. The molecular formula is C13H6BrClN4. The lowest BCUT2D eigenvalue weighted by Gasteiger charge is -2.03. The Morgan fingerprint density at radius 2 is 2.05 bits per heavy atom. The molecular weight excluding hydrogens is 328 g/mol. The van der Waals surface area contributed by atoms with E-state index in [4.69, 9.17) is 16.9 Å². The Morgan fingerprint density at radius 3 is 2.84 bits per heavy atom. The Kier molecular flexibility index (Phi) is 2.97. The second-order valence-corrected chi connectivity index (χ2v) is 5.19. The first-order valence-electron chi connectivity index (χ1n) is 5.39. The lowest BCUT2D eigenvalue weighted by atomic mass is 10.2. The predicted molar refractivity (Wildman–Crippen MR) is 75.8 cm³/mol. The Bertz CT molecular complexity index is 819. The molecule has 4 nitrogen and oxygen atoms in total. The maximum Gasteiger partial charge on any atom is 0.169 e. The van der Waals surface area contributed by atoms with Gasteiger partial charge in [-0.05, 0) is 24.3 Å². The van der Waals surface area contributed by atoms with Gasteiger partial charge in [-0.15, -0.1) is 10.2 Å². The van der Waals surface area contributed by atoms with Gasteiger partial charge in [0, 0.05) is 27.3 Å². The van der Waals surface area contributed by atoms with E-state index < -0.39 is 0 Å². The second-order valence-electron chi connectivity index (χ2n) is 3.90. The fourth-order valence-electron chi connectivity index (χ4n) is 1.81. The zero-order valence-electron chi connectivity index (χ0n) is 9.51. The zero-order valence-corrected chi connectivity index (χ0v) is 11.9. The smallest absolute Gasteiger partial charge is 0.169 e. The van der Waals surface area contributed by atoms with Crippen LogP contribution in [0, 0.1) is 11.3 Å². The highest BCUT2D eigenvalue weighted by atomic mass is 79.9. The molecule has 2 aromatic heterocycles. The van der Waals surface area contributed by atoms with E-state index in [0.29, 0.717) is 22.1 Å². The summed E-state index contributed by atoms with van der Waals surface area (Å²) < 4.78 is 2.70. The van der Waals surface area contributed by atoms with Crippen molar-refractivity contribution in [3.05, 3.63) is 51.6 Å². The summed E-state index contributed by atoms with van der Waals surface area (Å²) in [5, 5.41) is 17.7. The summed E-state index contributed by atoms with van der Waals surface area (Å²) in [4.78, 5) is 0. The molecule has 0 spiro atoms. The van der Waals surface area contributed by atoms with E-state index >= 15 is 0 Å². The summed E-state index contributed by atoms with van der Waals surface area (Å²) in [6.45, 7) is 0. The normalized spacial score (nSPS) is 10.6. The molecule has 0 aliphatic heterocycles. The van der Waals surface area contributed by atoms with E-state index in [2.05, 4.69) is 32.2 Å². The number of fused-ring (bicyclic) bond motifs is 1. The Hall–Kier alpha value is -1.90. The zero-order chi connectivity index (χ0) is 13.4. The van der Waals surface area contributed by atoms with Crippen molar-refractivity contribution in [3.63, 3.8) is 0 Å². The predicted octanol–water partition coefficient (Wildman–Crippen LogP) is 3.68. The van der Waals surface area contributed by atoms with E-state index in [0.717, 1.165) is 10.0 Å². The minimum absolute atomic E-state index is 0.552. The molecule has 1 aromatic carbocycles. The van der Waals surface area contributed by atoms with Gasteiger partial charge < -0.3 is 0 Å². The number of rotatable bonds is 1. The average Bonchev–Trinajstić information content (AvgIpc) is 2.84. The minimum atomic E-state index is 0.552. The van der Waals surface area contributed by atoms with E-state index in [1.165, 1.54) is 0 Å². The van der Waals surface area contributed by atoms with Gasteiger partial charge in [-0.25, -0.2) is 0 Å². The molecule has 92 valence electrons. The third-order valence-corrected chi connectivity index (χ3v) is 3.63. The third kappa shape index (κ3) is 2.09. The van der Waals surface area contributed by atoms with Crippen molar-refractivity contribution in [3.8, 4) is 17.5 Å². The van der Waals surface area contributed by atoms with Crippen LogP contribution in [0.1, 0.15) is 5.56 Å². The van der Waals surface area contributed by atoms with Crippen LogP contribution in [0.5, 0.6) is 0 Å². The Labute approximate surface area is 122 Å². The minimum Gasteiger partial charge on any atom is -0.282 e. The number of hydrogen-bond acceptors (Lipinski definition) is 3. The van der Waals surface area contributed by atoms with Crippen molar-refractivity contribution in [1.82, 2.24) is 14.6 Å². The molecule has 0 unspecified atom stereocenters. The summed E-state index contributed by atoms with van der Waals surface area (Å²) in [6.07, 6.45) is 1.77. The maximum absolute atomic E-state index is 8.87. The highest BCUT2D eigenvalue weighted by Gasteiger charge is 2.12. The topological polar surface area (TPSA) is 54.0 Å². The molecule has 2 heterocycles. The number of hydrogen-bond donors (Lipinski definition) is 0. The molecule has 3 rings (SSSR count). The molecule has 0 saturated heterocycles. The molecule has 0 fully saturated rings. The van der Waals surface area contributed by atoms with Crippen LogP contribution >= 0.6 is 27.5 Å². The van der Waals surface area contributed by atoms with Crippen LogP contribution in [0.25, 0.3) is 17.0 Å². The van der Waals surface area contributed by atoms with Crippen molar-refractivity contribution < 1.29 is 0 Å². The number of aromatic nitrogens is 3. The fraction of sp³-hybridized carbons (Fsp3) is 0. The number of nitriles is 1. The van der Waals surface area contributed by atoms with Crippen molar-refractivity contribution in [2.24, 2.45) is 0 Å². The summed E-state index contributed by atoms with van der Waals surface area (Å²) in [7, 11) is 0. The van der Waals surface area contributed by atoms with Crippen LogP contribution in [0.2, 0.25) is 5.02 Å². The van der Waals surface area contributed by atoms with E-state index in [1.807, 2.05) is 16.5 Å². The van der Waals surface area contributed by atoms with E-state index in [-0.39, 0.29) is 0 Å². The van der Waals surface area contributed by atoms with Crippen LogP contribution in [-0.2, 0) is 0 Å². The molecule has 0 N–H and O–H groups in total. The molecule has 6 heteroatoms. The first-order valence-corrected chi connectivity index (χ1v) is 6.56. The monoisotopic (exact) mass is 332 g/mol. The van der Waals surface area contributed by atoms with Crippen molar-refractivity contribution in [2.45, 2.75) is 0 Å². The number of benzene rings is 1. The Morgan fingerprint density at radius 1 is 1.21 bits per heavy atom. The molecule has 19 heavy (non-hydrogen) atoms. The quantitative estimate of drug-likeness (QED) is 0.682. The number of nitrogens with zero attached hydrogens (tertiary/aromatic N) is 4. The van der Waals surface area contributed by atoms with Crippen LogP contribution in [0.15, 0.2) is 41.0 Å². The first kappa shape index (κ1) is 12.2. The number of halogens is 2.